The summed E-state index contributed by atoms with van der Waals surface area (Å²) in [5.74, 6) is 1.46. The van der Waals surface area contributed by atoms with Crippen molar-refractivity contribution in [3.05, 3.63) is 23.8 Å². The number of halogens is 2. The molecule has 2 heteroatoms. The summed E-state index contributed by atoms with van der Waals surface area (Å²) in [7, 11) is 0. The zero-order valence-electron chi connectivity index (χ0n) is 14.8. The summed E-state index contributed by atoms with van der Waals surface area (Å²) in [6, 6.07) is 0. The molecule has 0 heterocycles. The molecular formula is C21H34F2. The van der Waals surface area contributed by atoms with Crippen LogP contribution in [0.15, 0.2) is 23.8 Å². The molecule has 0 bridgehead atoms. The van der Waals surface area contributed by atoms with Gasteiger partial charge in [-0.15, -0.1) is 0 Å². The molecule has 0 spiro atoms. The van der Waals surface area contributed by atoms with Crippen LogP contribution in [0.4, 0.5) is 8.78 Å². The van der Waals surface area contributed by atoms with Gasteiger partial charge in [0.2, 0.25) is 0 Å². The molecule has 132 valence electrons. The topological polar surface area (TPSA) is 0 Å². The average molecular weight is 324 g/mol. The Morgan fingerprint density at radius 1 is 0.913 bits per heavy atom. The van der Waals surface area contributed by atoms with Gasteiger partial charge in [0, 0.05) is 6.42 Å². The van der Waals surface area contributed by atoms with Crippen LogP contribution < -0.4 is 0 Å². The molecule has 0 nitrogen and oxygen atoms in total. The minimum Gasteiger partial charge on any atom is -0.209 e. The van der Waals surface area contributed by atoms with Crippen molar-refractivity contribution in [2.24, 2.45) is 17.8 Å². The molecule has 2 saturated carbocycles. The summed E-state index contributed by atoms with van der Waals surface area (Å²) in [4.78, 5) is 0. The molecule has 0 atom stereocenters. The lowest BCUT2D eigenvalue weighted by atomic mass is 9.70. The lowest BCUT2D eigenvalue weighted by Crippen LogP contribution is -2.23. The van der Waals surface area contributed by atoms with Gasteiger partial charge in [0.05, 0.1) is 0 Å². The van der Waals surface area contributed by atoms with Crippen molar-refractivity contribution in [2.45, 2.75) is 90.4 Å². The Morgan fingerprint density at radius 3 is 2.22 bits per heavy atom. The maximum atomic E-state index is 13.6. The maximum Gasteiger partial charge on any atom is 0.154 e. The fourth-order valence-corrected chi connectivity index (χ4v) is 4.53. The highest BCUT2D eigenvalue weighted by Crippen LogP contribution is 2.41. The minimum atomic E-state index is -0.673. The minimum absolute atomic E-state index is 0.266. The standard InChI is InChI=1S/C21H34F2/c1-2-3-11-20(22)21(23)12-7-8-17-13-15-19(16-14-17)18-9-5-4-6-10-18/h3,11,17-19H,2,4-10,12-16H2,1H3/b11-3-,21-20-. The van der Waals surface area contributed by atoms with E-state index in [2.05, 4.69) is 0 Å². The van der Waals surface area contributed by atoms with E-state index in [4.69, 9.17) is 0 Å². The van der Waals surface area contributed by atoms with Gasteiger partial charge in [-0.3, -0.25) is 0 Å². The van der Waals surface area contributed by atoms with Crippen molar-refractivity contribution in [3.8, 4) is 0 Å². The van der Waals surface area contributed by atoms with E-state index in [9.17, 15) is 8.78 Å². The van der Waals surface area contributed by atoms with Gasteiger partial charge in [-0.1, -0.05) is 64.4 Å². The highest BCUT2D eigenvalue weighted by atomic mass is 19.2. The van der Waals surface area contributed by atoms with Gasteiger partial charge in [0.25, 0.3) is 0 Å². The zero-order chi connectivity index (χ0) is 16.5. The first-order valence-electron chi connectivity index (χ1n) is 9.91. The fourth-order valence-electron chi connectivity index (χ4n) is 4.53. The third-order valence-electron chi connectivity index (χ3n) is 5.98. The fraction of sp³-hybridized carbons (Fsp3) is 0.810. The van der Waals surface area contributed by atoms with E-state index < -0.39 is 11.7 Å². The van der Waals surface area contributed by atoms with Crippen LogP contribution in [0.2, 0.25) is 0 Å². The zero-order valence-corrected chi connectivity index (χ0v) is 14.8. The molecule has 0 aromatic heterocycles. The lowest BCUT2D eigenvalue weighted by molar-refractivity contribution is 0.162. The van der Waals surface area contributed by atoms with Crippen molar-refractivity contribution in [1.82, 2.24) is 0 Å². The Hall–Kier alpha value is -0.660. The van der Waals surface area contributed by atoms with Gasteiger partial charge in [0.1, 0.15) is 5.83 Å². The van der Waals surface area contributed by atoms with Gasteiger partial charge >= 0.3 is 0 Å². The van der Waals surface area contributed by atoms with Gasteiger partial charge in [-0.2, -0.15) is 0 Å². The van der Waals surface area contributed by atoms with E-state index in [-0.39, 0.29) is 6.42 Å². The first-order valence-corrected chi connectivity index (χ1v) is 9.91. The SMILES string of the molecule is CC/C=C\C(F)=C(\F)CCCC1CCC(C2CCCCC2)CC1. The molecule has 0 N–H and O–H groups in total. The number of hydrogen-bond acceptors (Lipinski definition) is 0. The Morgan fingerprint density at radius 2 is 1.57 bits per heavy atom. The summed E-state index contributed by atoms with van der Waals surface area (Å²) >= 11 is 0. The largest absolute Gasteiger partial charge is 0.209 e. The summed E-state index contributed by atoms with van der Waals surface area (Å²) in [6.07, 6.45) is 18.4. The number of hydrogen-bond donors (Lipinski definition) is 0. The van der Waals surface area contributed by atoms with Crippen molar-refractivity contribution >= 4 is 0 Å². The van der Waals surface area contributed by atoms with E-state index in [1.807, 2.05) is 6.92 Å². The summed E-state index contributed by atoms with van der Waals surface area (Å²) in [6.45, 7) is 1.92. The third kappa shape index (κ3) is 6.39. The molecule has 0 aromatic rings. The summed E-state index contributed by atoms with van der Waals surface area (Å²) in [5, 5.41) is 0. The van der Waals surface area contributed by atoms with Gasteiger partial charge in [-0.05, 0) is 49.5 Å². The van der Waals surface area contributed by atoms with Crippen LogP contribution in [-0.4, -0.2) is 0 Å². The molecular weight excluding hydrogens is 290 g/mol. The van der Waals surface area contributed by atoms with E-state index in [0.29, 0.717) is 0 Å². The van der Waals surface area contributed by atoms with Crippen LogP contribution in [0.3, 0.4) is 0 Å². The highest BCUT2D eigenvalue weighted by molar-refractivity contribution is 5.14. The second-order valence-corrected chi connectivity index (χ2v) is 7.63. The molecule has 2 aliphatic carbocycles. The maximum absolute atomic E-state index is 13.6. The lowest BCUT2D eigenvalue weighted by Gasteiger charge is -2.36. The monoisotopic (exact) mass is 324 g/mol. The molecule has 0 saturated heterocycles. The predicted molar refractivity (Wildman–Crippen MR) is 94.5 cm³/mol. The Labute approximate surface area is 141 Å². The van der Waals surface area contributed by atoms with Crippen LogP contribution in [-0.2, 0) is 0 Å². The molecule has 2 fully saturated rings. The Bertz CT molecular complexity index is 383. The molecule has 0 radical (unpaired) electrons. The van der Waals surface area contributed by atoms with Crippen molar-refractivity contribution in [1.29, 1.82) is 0 Å². The first kappa shape index (κ1) is 18.7. The van der Waals surface area contributed by atoms with E-state index in [1.54, 1.807) is 6.08 Å². The molecule has 23 heavy (non-hydrogen) atoms. The Balaban J connectivity index is 1.63. The third-order valence-corrected chi connectivity index (χ3v) is 5.98. The molecule has 0 amide bonds. The van der Waals surface area contributed by atoms with Gasteiger partial charge in [0.15, 0.2) is 5.83 Å². The van der Waals surface area contributed by atoms with Crippen molar-refractivity contribution < 1.29 is 8.78 Å². The van der Waals surface area contributed by atoms with Crippen LogP contribution in [0.5, 0.6) is 0 Å². The van der Waals surface area contributed by atoms with E-state index >= 15 is 0 Å². The second kappa shape index (κ2) is 10.3. The summed E-state index contributed by atoms with van der Waals surface area (Å²) in [5.41, 5.74) is 0. The van der Waals surface area contributed by atoms with E-state index in [0.717, 1.165) is 37.0 Å². The smallest absolute Gasteiger partial charge is 0.154 e. The first-order chi connectivity index (χ1) is 11.2. The summed E-state index contributed by atoms with van der Waals surface area (Å²) < 4.78 is 27.1. The molecule has 2 aliphatic rings. The molecule has 0 aromatic carbocycles. The van der Waals surface area contributed by atoms with E-state index in [1.165, 1.54) is 63.9 Å². The van der Waals surface area contributed by atoms with Gasteiger partial charge < -0.3 is 0 Å². The van der Waals surface area contributed by atoms with Crippen molar-refractivity contribution in [2.75, 3.05) is 0 Å². The normalized spacial score (nSPS) is 28.1. The molecule has 2 rings (SSSR count). The van der Waals surface area contributed by atoms with Crippen molar-refractivity contribution in [3.63, 3.8) is 0 Å². The average Bonchev–Trinajstić information content (AvgIpc) is 2.61. The van der Waals surface area contributed by atoms with Gasteiger partial charge in [-0.25, -0.2) is 8.78 Å². The number of allylic oxidation sites excluding steroid dienone is 4. The van der Waals surface area contributed by atoms with Crippen LogP contribution in [0.25, 0.3) is 0 Å². The second-order valence-electron chi connectivity index (χ2n) is 7.63. The highest BCUT2D eigenvalue weighted by Gasteiger charge is 2.28. The van der Waals surface area contributed by atoms with Crippen LogP contribution in [0, 0.1) is 17.8 Å². The Kier molecular flexibility index (Phi) is 8.33. The van der Waals surface area contributed by atoms with Crippen LogP contribution in [0.1, 0.15) is 90.4 Å². The molecule has 0 aliphatic heterocycles. The quantitative estimate of drug-likeness (QED) is 0.422. The number of rotatable bonds is 7. The predicted octanol–water partition coefficient (Wildman–Crippen LogP) is 7.66. The molecule has 0 unspecified atom stereocenters. The van der Waals surface area contributed by atoms with Crippen LogP contribution >= 0.6 is 0 Å².